The first-order valence-electron chi connectivity index (χ1n) is 8.84. The number of amides is 1. The molecule has 1 fully saturated rings. The summed E-state index contributed by atoms with van der Waals surface area (Å²) in [5.74, 6) is 0.579. The number of non-ortho nitro benzene ring substituents is 1. The van der Waals surface area contributed by atoms with E-state index in [9.17, 15) is 14.9 Å². The molecule has 1 aromatic heterocycles. The minimum atomic E-state index is -0.452. The van der Waals surface area contributed by atoms with Crippen molar-refractivity contribution >= 4 is 17.6 Å². The second-order valence-electron chi connectivity index (χ2n) is 6.62. The summed E-state index contributed by atoms with van der Waals surface area (Å²) in [4.78, 5) is 24.5. The molecule has 0 aliphatic carbocycles. The molecule has 0 bridgehead atoms. The van der Waals surface area contributed by atoms with E-state index in [-0.39, 0.29) is 18.3 Å². The first kappa shape index (κ1) is 17.7. The number of hydrogen-bond acceptors (Lipinski definition) is 5. The summed E-state index contributed by atoms with van der Waals surface area (Å²) in [5, 5.41) is 15.4. The van der Waals surface area contributed by atoms with Crippen LogP contribution in [0.4, 0.5) is 16.3 Å². The molecule has 28 heavy (non-hydrogen) atoms. The summed E-state index contributed by atoms with van der Waals surface area (Å²) in [6, 6.07) is 17.6. The van der Waals surface area contributed by atoms with Gasteiger partial charge in [-0.05, 0) is 31.0 Å². The largest absolute Gasteiger partial charge is 0.447 e. The van der Waals surface area contributed by atoms with Crippen LogP contribution in [0.5, 0.6) is 0 Å². The molecule has 8 nitrogen and oxygen atoms in total. The van der Waals surface area contributed by atoms with Gasteiger partial charge in [0.1, 0.15) is 12.4 Å². The summed E-state index contributed by atoms with van der Waals surface area (Å²) in [5.41, 5.74) is 2.46. The Labute approximate surface area is 161 Å². The number of nitrogens with zero attached hydrogens (tertiary/aromatic N) is 4. The molecule has 0 N–H and O–H groups in total. The average Bonchev–Trinajstić information content (AvgIpc) is 3.24. The number of carbonyl (C=O) groups is 1. The van der Waals surface area contributed by atoms with Gasteiger partial charge in [-0.25, -0.2) is 9.48 Å². The van der Waals surface area contributed by atoms with Crippen LogP contribution in [0.3, 0.4) is 0 Å². The van der Waals surface area contributed by atoms with Crippen molar-refractivity contribution < 1.29 is 14.5 Å². The van der Waals surface area contributed by atoms with Crippen LogP contribution in [0.2, 0.25) is 0 Å². The van der Waals surface area contributed by atoms with E-state index in [4.69, 9.17) is 4.74 Å². The fraction of sp³-hybridized carbons (Fsp3) is 0.200. The van der Waals surface area contributed by atoms with Gasteiger partial charge in [0.15, 0.2) is 0 Å². The minimum absolute atomic E-state index is 0.00304. The van der Waals surface area contributed by atoms with Crippen molar-refractivity contribution in [3.05, 3.63) is 82.0 Å². The SMILES string of the molecule is Cc1cc(N2C(=O)OC[C@@H]2Cc2ccccc2)n(-c2ccc([N+](=O)[O-])cc2)n1. The van der Waals surface area contributed by atoms with Crippen LogP contribution in [0, 0.1) is 17.0 Å². The third-order valence-corrected chi connectivity index (χ3v) is 4.64. The Morgan fingerprint density at radius 2 is 1.89 bits per heavy atom. The molecule has 0 saturated carbocycles. The second kappa shape index (κ2) is 7.15. The topological polar surface area (TPSA) is 90.5 Å². The summed E-state index contributed by atoms with van der Waals surface area (Å²) < 4.78 is 6.93. The highest BCUT2D eigenvalue weighted by atomic mass is 16.6. The number of cyclic esters (lactones) is 1. The first-order chi connectivity index (χ1) is 13.5. The van der Waals surface area contributed by atoms with Crippen molar-refractivity contribution in [2.45, 2.75) is 19.4 Å². The average molecular weight is 378 g/mol. The van der Waals surface area contributed by atoms with Gasteiger partial charge >= 0.3 is 6.09 Å². The quantitative estimate of drug-likeness (QED) is 0.499. The number of carbonyl (C=O) groups excluding carboxylic acids is 1. The molecule has 0 radical (unpaired) electrons. The third kappa shape index (κ3) is 3.32. The normalized spacial score (nSPS) is 16.2. The van der Waals surface area contributed by atoms with E-state index in [1.165, 1.54) is 12.1 Å². The lowest BCUT2D eigenvalue weighted by Gasteiger charge is -2.22. The number of nitro groups is 1. The monoisotopic (exact) mass is 378 g/mol. The number of aryl methyl sites for hydroxylation is 1. The number of anilines is 1. The molecule has 2 aromatic carbocycles. The van der Waals surface area contributed by atoms with Crippen molar-refractivity contribution in [3.8, 4) is 5.69 Å². The zero-order valence-corrected chi connectivity index (χ0v) is 15.2. The maximum absolute atomic E-state index is 12.5. The van der Waals surface area contributed by atoms with Gasteiger partial charge in [-0.2, -0.15) is 5.10 Å². The minimum Gasteiger partial charge on any atom is -0.447 e. The summed E-state index contributed by atoms with van der Waals surface area (Å²) >= 11 is 0. The summed E-state index contributed by atoms with van der Waals surface area (Å²) in [6.45, 7) is 2.12. The number of benzene rings is 2. The Hall–Kier alpha value is -3.68. The zero-order valence-electron chi connectivity index (χ0n) is 15.2. The lowest BCUT2D eigenvalue weighted by Crippen LogP contribution is -2.36. The van der Waals surface area contributed by atoms with Crippen LogP contribution in [0.1, 0.15) is 11.3 Å². The van der Waals surface area contributed by atoms with Gasteiger partial charge in [-0.15, -0.1) is 0 Å². The van der Waals surface area contributed by atoms with E-state index in [0.717, 1.165) is 11.3 Å². The standard InChI is InChI=1S/C20H18N4O4/c1-14-11-19(23(21-14)16-7-9-17(10-8-16)24(26)27)22-18(13-28-20(22)25)12-15-5-3-2-4-6-15/h2-11,18H,12-13H2,1H3/t18-/m0/s1. The van der Waals surface area contributed by atoms with Gasteiger partial charge in [0, 0.05) is 18.2 Å². The van der Waals surface area contributed by atoms with E-state index in [1.54, 1.807) is 21.7 Å². The molecule has 1 atom stereocenters. The third-order valence-electron chi connectivity index (χ3n) is 4.64. The highest BCUT2D eigenvalue weighted by molar-refractivity contribution is 5.89. The molecule has 1 amide bonds. The molecule has 8 heteroatoms. The lowest BCUT2D eigenvalue weighted by atomic mass is 10.1. The highest BCUT2D eigenvalue weighted by Crippen LogP contribution is 2.29. The molecule has 0 unspecified atom stereocenters. The predicted molar refractivity (Wildman–Crippen MR) is 103 cm³/mol. The highest BCUT2D eigenvalue weighted by Gasteiger charge is 2.36. The van der Waals surface area contributed by atoms with Crippen molar-refractivity contribution in [3.63, 3.8) is 0 Å². The van der Waals surface area contributed by atoms with E-state index in [0.29, 0.717) is 17.9 Å². The van der Waals surface area contributed by atoms with Crippen LogP contribution < -0.4 is 4.90 Å². The van der Waals surface area contributed by atoms with E-state index in [1.807, 2.05) is 43.3 Å². The molecule has 0 spiro atoms. The number of hydrogen-bond donors (Lipinski definition) is 0. The molecule has 2 heterocycles. The van der Waals surface area contributed by atoms with Gasteiger partial charge in [-0.1, -0.05) is 30.3 Å². The second-order valence-corrected chi connectivity index (χ2v) is 6.62. The number of ether oxygens (including phenoxy) is 1. The fourth-order valence-electron chi connectivity index (χ4n) is 3.34. The smallest absolute Gasteiger partial charge is 0.415 e. The summed E-state index contributed by atoms with van der Waals surface area (Å²) in [7, 11) is 0. The maximum atomic E-state index is 12.5. The van der Waals surface area contributed by atoms with Crippen molar-refractivity contribution in [1.29, 1.82) is 0 Å². The molecule has 3 aromatic rings. The van der Waals surface area contributed by atoms with Crippen molar-refractivity contribution in [1.82, 2.24) is 9.78 Å². The Kier molecular flexibility index (Phi) is 4.52. The summed E-state index contributed by atoms with van der Waals surface area (Å²) in [6.07, 6.45) is 0.223. The predicted octanol–water partition coefficient (Wildman–Crippen LogP) is 3.66. The number of aromatic nitrogens is 2. The van der Waals surface area contributed by atoms with E-state index >= 15 is 0 Å². The molecular weight excluding hydrogens is 360 g/mol. The van der Waals surface area contributed by atoms with Crippen LogP contribution >= 0.6 is 0 Å². The number of rotatable bonds is 5. The maximum Gasteiger partial charge on any atom is 0.415 e. The Morgan fingerprint density at radius 3 is 2.57 bits per heavy atom. The molecular formula is C20H18N4O4. The number of nitro benzene ring substituents is 1. The van der Waals surface area contributed by atoms with Crippen molar-refractivity contribution in [2.24, 2.45) is 0 Å². The van der Waals surface area contributed by atoms with Gasteiger partial charge in [-0.3, -0.25) is 15.0 Å². The fourth-order valence-corrected chi connectivity index (χ4v) is 3.34. The Balaban J connectivity index is 1.69. The van der Waals surface area contributed by atoms with Crippen molar-refractivity contribution in [2.75, 3.05) is 11.5 Å². The van der Waals surface area contributed by atoms with Crippen LogP contribution in [0.25, 0.3) is 5.69 Å². The Bertz CT molecular complexity index is 1010. The molecule has 1 aliphatic rings. The first-order valence-corrected chi connectivity index (χ1v) is 8.84. The van der Waals surface area contributed by atoms with E-state index in [2.05, 4.69) is 5.10 Å². The lowest BCUT2D eigenvalue weighted by molar-refractivity contribution is -0.384. The molecule has 1 aliphatic heterocycles. The Morgan fingerprint density at radius 1 is 1.18 bits per heavy atom. The van der Waals surface area contributed by atoms with Gasteiger partial charge in [0.25, 0.3) is 5.69 Å². The molecule has 142 valence electrons. The zero-order chi connectivity index (χ0) is 19.7. The van der Waals surface area contributed by atoms with E-state index < -0.39 is 11.0 Å². The molecule has 4 rings (SSSR count). The van der Waals surface area contributed by atoms with Crippen LogP contribution in [0.15, 0.2) is 60.7 Å². The molecule has 1 saturated heterocycles. The van der Waals surface area contributed by atoms with Crippen LogP contribution in [-0.2, 0) is 11.2 Å². The van der Waals surface area contributed by atoms with Gasteiger partial charge in [0.2, 0.25) is 0 Å². The van der Waals surface area contributed by atoms with Gasteiger partial charge < -0.3 is 4.74 Å². The van der Waals surface area contributed by atoms with Gasteiger partial charge in [0.05, 0.1) is 22.3 Å². The van der Waals surface area contributed by atoms with Crippen LogP contribution in [-0.4, -0.2) is 33.4 Å².